The number of anilines is 1. The Balaban J connectivity index is 2.07. The van der Waals surface area contributed by atoms with Crippen molar-refractivity contribution in [3.63, 3.8) is 0 Å². The Kier molecular flexibility index (Phi) is 4.35. The SMILES string of the molecule is C=CCN(C(=O)CC1C=CCC1)c1ccccc1. The van der Waals surface area contributed by atoms with E-state index in [1.54, 1.807) is 11.0 Å². The molecule has 0 saturated carbocycles. The maximum absolute atomic E-state index is 12.3. The van der Waals surface area contributed by atoms with Gasteiger partial charge in [0.05, 0.1) is 0 Å². The first-order valence-corrected chi connectivity index (χ1v) is 6.44. The monoisotopic (exact) mass is 241 g/mol. The first-order chi connectivity index (χ1) is 8.81. The molecule has 0 bridgehead atoms. The maximum Gasteiger partial charge on any atom is 0.227 e. The van der Waals surface area contributed by atoms with Gasteiger partial charge in [-0.15, -0.1) is 6.58 Å². The lowest BCUT2D eigenvalue weighted by atomic mass is 10.0. The van der Waals surface area contributed by atoms with E-state index in [0.29, 0.717) is 18.9 Å². The van der Waals surface area contributed by atoms with Crippen LogP contribution in [-0.2, 0) is 4.79 Å². The van der Waals surface area contributed by atoms with Crippen LogP contribution in [0.2, 0.25) is 0 Å². The molecular formula is C16H19NO. The van der Waals surface area contributed by atoms with Crippen LogP contribution in [0.3, 0.4) is 0 Å². The van der Waals surface area contributed by atoms with Gasteiger partial charge in [0.25, 0.3) is 0 Å². The summed E-state index contributed by atoms with van der Waals surface area (Å²) in [7, 11) is 0. The van der Waals surface area contributed by atoms with Crippen LogP contribution in [0.1, 0.15) is 19.3 Å². The third-order valence-corrected chi connectivity index (χ3v) is 3.23. The molecule has 1 amide bonds. The average molecular weight is 241 g/mol. The average Bonchev–Trinajstić information content (AvgIpc) is 2.89. The van der Waals surface area contributed by atoms with E-state index in [9.17, 15) is 4.79 Å². The van der Waals surface area contributed by atoms with Crippen molar-refractivity contribution in [2.24, 2.45) is 5.92 Å². The van der Waals surface area contributed by atoms with E-state index in [1.807, 2.05) is 30.3 Å². The highest BCUT2D eigenvalue weighted by Gasteiger charge is 2.19. The van der Waals surface area contributed by atoms with Crippen LogP contribution >= 0.6 is 0 Å². The largest absolute Gasteiger partial charge is 0.309 e. The molecule has 1 aromatic rings. The normalized spacial score (nSPS) is 17.7. The van der Waals surface area contributed by atoms with Crippen LogP contribution in [0.15, 0.2) is 55.1 Å². The fourth-order valence-corrected chi connectivity index (χ4v) is 2.29. The summed E-state index contributed by atoms with van der Waals surface area (Å²) in [5.41, 5.74) is 0.948. The van der Waals surface area contributed by atoms with Gasteiger partial charge in [-0.25, -0.2) is 0 Å². The van der Waals surface area contributed by atoms with E-state index in [1.165, 1.54) is 0 Å². The molecule has 0 aliphatic heterocycles. The summed E-state index contributed by atoms with van der Waals surface area (Å²) in [6.07, 6.45) is 8.90. The molecule has 1 aliphatic rings. The van der Waals surface area contributed by atoms with Crippen LogP contribution in [0.4, 0.5) is 5.69 Å². The second-order valence-corrected chi connectivity index (χ2v) is 4.60. The van der Waals surface area contributed by atoms with Crippen molar-refractivity contribution in [2.45, 2.75) is 19.3 Å². The molecule has 1 unspecified atom stereocenters. The molecule has 0 radical (unpaired) electrons. The lowest BCUT2D eigenvalue weighted by Gasteiger charge is -2.22. The number of amides is 1. The number of carbonyl (C=O) groups excluding carboxylic acids is 1. The number of hydrogen-bond donors (Lipinski definition) is 0. The fourth-order valence-electron chi connectivity index (χ4n) is 2.29. The summed E-state index contributed by atoms with van der Waals surface area (Å²) in [5.74, 6) is 0.589. The van der Waals surface area contributed by atoms with Gasteiger partial charge in [0, 0.05) is 18.7 Å². The van der Waals surface area contributed by atoms with Gasteiger partial charge in [0.15, 0.2) is 0 Å². The Morgan fingerprint density at radius 2 is 2.17 bits per heavy atom. The molecule has 1 atom stereocenters. The predicted molar refractivity (Wildman–Crippen MR) is 75.5 cm³/mol. The minimum atomic E-state index is 0.178. The Morgan fingerprint density at radius 3 is 2.78 bits per heavy atom. The van der Waals surface area contributed by atoms with Crippen molar-refractivity contribution < 1.29 is 4.79 Å². The molecule has 1 aliphatic carbocycles. The molecule has 0 spiro atoms. The van der Waals surface area contributed by atoms with Crippen LogP contribution in [0.5, 0.6) is 0 Å². The summed E-state index contributed by atoms with van der Waals surface area (Å²) in [5, 5.41) is 0. The summed E-state index contributed by atoms with van der Waals surface area (Å²) in [6.45, 7) is 4.30. The lowest BCUT2D eigenvalue weighted by molar-refractivity contribution is -0.119. The van der Waals surface area contributed by atoms with Crippen LogP contribution < -0.4 is 4.90 Å². The number of allylic oxidation sites excluding steroid dienone is 2. The smallest absolute Gasteiger partial charge is 0.227 e. The van der Waals surface area contributed by atoms with Gasteiger partial charge in [0.2, 0.25) is 5.91 Å². The van der Waals surface area contributed by atoms with Crippen LogP contribution in [-0.4, -0.2) is 12.5 Å². The summed E-state index contributed by atoms with van der Waals surface area (Å²) in [4.78, 5) is 14.1. The Bertz CT molecular complexity index is 436. The first-order valence-electron chi connectivity index (χ1n) is 6.44. The predicted octanol–water partition coefficient (Wildman–Crippen LogP) is 3.56. The van der Waals surface area contributed by atoms with Gasteiger partial charge < -0.3 is 4.90 Å². The van der Waals surface area contributed by atoms with Crippen LogP contribution in [0.25, 0.3) is 0 Å². The van der Waals surface area contributed by atoms with Gasteiger partial charge >= 0.3 is 0 Å². The Hall–Kier alpha value is -1.83. The number of para-hydroxylation sites is 1. The second-order valence-electron chi connectivity index (χ2n) is 4.60. The molecule has 0 aromatic heterocycles. The molecular weight excluding hydrogens is 222 g/mol. The molecule has 18 heavy (non-hydrogen) atoms. The zero-order valence-corrected chi connectivity index (χ0v) is 10.6. The molecule has 0 N–H and O–H groups in total. The second kappa shape index (κ2) is 6.20. The molecule has 2 heteroatoms. The Morgan fingerprint density at radius 1 is 1.39 bits per heavy atom. The zero-order valence-electron chi connectivity index (χ0n) is 10.6. The third-order valence-electron chi connectivity index (χ3n) is 3.23. The maximum atomic E-state index is 12.3. The van der Waals surface area contributed by atoms with Crippen molar-refractivity contribution in [1.29, 1.82) is 0 Å². The van der Waals surface area contributed by atoms with Gasteiger partial charge in [-0.2, -0.15) is 0 Å². The minimum Gasteiger partial charge on any atom is -0.309 e. The lowest BCUT2D eigenvalue weighted by Crippen LogP contribution is -2.32. The van der Waals surface area contributed by atoms with Crippen LogP contribution in [0, 0.1) is 5.92 Å². The summed E-state index contributed by atoms with van der Waals surface area (Å²) >= 11 is 0. The van der Waals surface area contributed by atoms with E-state index in [-0.39, 0.29) is 5.91 Å². The number of hydrogen-bond acceptors (Lipinski definition) is 1. The molecule has 0 heterocycles. The molecule has 1 aromatic carbocycles. The number of nitrogens with zero attached hydrogens (tertiary/aromatic N) is 1. The number of benzene rings is 1. The van der Waals surface area contributed by atoms with E-state index in [0.717, 1.165) is 18.5 Å². The minimum absolute atomic E-state index is 0.178. The quantitative estimate of drug-likeness (QED) is 0.722. The molecule has 94 valence electrons. The third kappa shape index (κ3) is 3.10. The summed E-state index contributed by atoms with van der Waals surface area (Å²) < 4.78 is 0. The van der Waals surface area contributed by atoms with E-state index in [2.05, 4.69) is 18.7 Å². The van der Waals surface area contributed by atoms with Gasteiger partial charge in [-0.3, -0.25) is 4.79 Å². The molecule has 0 fully saturated rings. The first kappa shape index (κ1) is 12.6. The fraction of sp³-hybridized carbons (Fsp3) is 0.312. The van der Waals surface area contributed by atoms with E-state index >= 15 is 0 Å². The van der Waals surface area contributed by atoms with Gasteiger partial charge in [0.1, 0.15) is 0 Å². The van der Waals surface area contributed by atoms with Crippen molar-refractivity contribution in [3.8, 4) is 0 Å². The number of rotatable bonds is 5. The number of carbonyl (C=O) groups is 1. The topological polar surface area (TPSA) is 20.3 Å². The highest BCUT2D eigenvalue weighted by atomic mass is 16.2. The molecule has 0 saturated heterocycles. The van der Waals surface area contributed by atoms with Crippen molar-refractivity contribution in [1.82, 2.24) is 0 Å². The van der Waals surface area contributed by atoms with E-state index < -0.39 is 0 Å². The van der Waals surface area contributed by atoms with Gasteiger partial charge in [-0.1, -0.05) is 36.4 Å². The zero-order chi connectivity index (χ0) is 12.8. The van der Waals surface area contributed by atoms with Gasteiger partial charge in [-0.05, 0) is 30.9 Å². The Labute approximate surface area is 109 Å². The highest BCUT2D eigenvalue weighted by molar-refractivity contribution is 5.93. The van der Waals surface area contributed by atoms with Crippen molar-refractivity contribution >= 4 is 11.6 Å². The summed E-state index contributed by atoms with van der Waals surface area (Å²) in [6, 6.07) is 9.79. The molecule has 2 nitrogen and oxygen atoms in total. The highest BCUT2D eigenvalue weighted by Crippen LogP contribution is 2.23. The van der Waals surface area contributed by atoms with Crippen molar-refractivity contribution in [2.75, 3.05) is 11.4 Å². The van der Waals surface area contributed by atoms with E-state index in [4.69, 9.17) is 0 Å². The standard InChI is InChI=1S/C16H19NO/c1-2-12-17(15-10-4-3-5-11-15)16(18)13-14-8-6-7-9-14/h2-6,8,10-11,14H,1,7,9,12-13H2. The molecule has 2 rings (SSSR count). The van der Waals surface area contributed by atoms with Crippen molar-refractivity contribution in [3.05, 3.63) is 55.1 Å².